The SMILES string of the molecule is O=C(NCCO)c1ccc2c(C(=Nc3ccc(CN4CCCC4)cc3)c3ccccc3)c(O)[nH]c2c1. The van der Waals surface area contributed by atoms with E-state index in [0.717, 1.165) is 36.3 Å². The van der Waals surface area contributed by atoms with Gasteiger partial charge >= 0.3 is 0 Å². The Hall–Kier alpha value is -3.94. The maximum Gasteiger partial charge on any atom is 0.251 e. The van der Waals surface area contributed by atoms with Gasteiger partial charge in [-0.05, 0) is 55.8 Å². The highest BCUT2D eigenvalue weighted by atomic mass is 16.3. The molecule has 0 saturated carbocycles. The largest absolute Gasteiger partial charge is 0.494 e. The molecule has 0 unspecified atom stereocenters. The summed E-state index contributed by atoms with van der Waals surface area (Å²) < 4.78 is 0. The van der Waals surface area contributed by atoms with Crippen LogP contribution < -0.4 is 5.32 Å². The van der Waals surface area contributed by atoms with Crippen LogP contribution in [-0.4, -0.2) is 58.0 Å². The van der Waals surface area contributed by atoms with E-state index in [1.54, 1.807) is 12.1 Å². The summed E-state index contributed by atoms with van der Waals surface area (Å²) in [6, 6.07) is 23.3. The second-order valence-corrected chi connectivity index (χ2v) is 9.06. The van der Waals surface area contributed by atoms with Gasteiger partial charge in [-0.25, -0.2) is 4.99 Å². The van der Waals surface area contributed by atoms with E-state index in [0.29, 0.717) is 22.4 Å². The molecule has 3 aromatic carbocycles. The lowest BCUT2D eigenvalue weighted by atomic mass is 10.00. The molecule has 36 heavy (non-hydrogen) atoms. The Morgan fingerprint density at radius 3 is 2.44 bits per heavy atom. The van der Waals surface area contributed by atoms with Gasteiger partial charge in [0.2, 0.25) is 0 Å². The van der Waals surface area contributed by atoms with Gasteiger partial charge in [0, 0.05) is 35.1 Å². The van der Waals surface area contributed by atoms with E-state index < -0.39 is 0 Å². The molecule has 1 fully saturated rings. The Balaban J connectivity index is 1.52. The molecular weight excluding hydrogens is 452 g/mol. The number of benzene rings is 3. The van der Waals surface area contributed by atoms with Crippen LogP contribution in [0.25, 0.3) is 10.9 Å². The first kappa shape index (κ1) is 23.8. The van der Waals surface area contributed by atoms with Crippen molar-refractivity contribution in [3.05, 3.63) is 95.1 Å². The molecule has 0 bridgehead atoms. The molecule has 7 nitrogen and oxygen atoms in total. The van der Waals surface area contributed by atoms with Gasteiger partial charge in [0.1, 0.15) is 0 Å². The Morgan fingerprint density at radius 1 is 0.972 bits per heavy atom. The third kappa shape index (κ3) is 5.17. The third-order valence-electron chi connectivity index (χ3n) is 6.50. The standard InChI is InChI=1S/C29H30N4O3/c34-17-14-30-28(35)22-10-13-24-25(18-22)32-29(36)26(24)27(21-6-2-1-3-7-21)31-23-11-8-20(9-12-23)19-33-15-4-5-16-33/h1-3,6-13,18,32,34,36H,4-5,14-17,19H2,(H,30,35). The van der Waals surface area contributed by atoms with E-state index in [2.05, 4.69) is 27.3 Å². The molecule has 0 spiro atoms. The van der Waals surface area contributed by atoms with Gasteiger partial charge in [-0.1, -0.05) is 48.5 Å². The number of carbonyl (C=O) groups is 1. The molecule has 0 aliphatic carbocycles. The maximum absolute atomic E-state index is 12.3. The number of nitrogens with one attached hydrogen (secondary N) is 2. The number of nitrogens with zero attached hydrogens (tertiary/aromatic N) is 2. The summed E-state index contributed by atoms with van der Waals surface area (Å²) in [6.07, 6.45) is 2.54. The van der Waals surface area contributed by atoms with Gasteiger partial charge in [-0.15, -0.1) is 0 Å². The van der Waals surface area contributed by atoms with Crippen molar-refractivity contribution in [1.82, 2.24) is 15.2 Å². The molecule has 184 valence electrons. The van der Waals surface area contributed by atoms with Gasteiger partial charge in [0.15, 0.2) is 5.88 Å². The van der Waals surface area contributed by atoms with Crippen molar-refractivity contribution in [3.63, 3.8) is 0 Å². The first-order valence-electron chi connectivity index (χ1n) is 12.3. The number of aromatic nitrogens is 1. The first-order chi connectivity index (χ1) is 17.6. The lowest BCUT2D eigenvalue weighted by Crippen LogP contribution is -2.26. The predicted octanol–water partition coefficient (Wildman–Crippen LogP) is 4.36. The summed E-state index contributed by atoms with van der Waals surface area (Å²) in [5.74, 6) is -0.293. The van der Waals surface area contributed by atoms with Crippen LogP contribution in [0.4, 0.5) is 5.69 Å². The van der Waals surface area contributed by atoms with E-state index in [1.807, 2.05) is 48.5 Å². The number of rotatable bonds is 8. The molecular formula is C29H30N4O3. The fourth-order valence-corrected chi connectivity index (χ4v) is 4.70. The molecule has 7 heteroatoms. The minimum Gasteiger partial charge on any atom is -0.494 e. The van der Waals surface area contributed by atoms with Gasteiger partial charge < -0.3 is 20.5 Å². The third-order valence-corrected chi connectivity index (χ3v) is 6.50. The minimum atomic E-state index is -0.285. The Labute approximate surface area is 210 Å². The van der Waals surface area contributed by atoms with Crippen LogP contribution in [0.5, 0.6) is 5.88 Å². The highest BCUT2D eigenvalue weighted by Crippen LogP contribution is 2.32. The molecule has 0 atom stereocenters. The minimum absolute atomic E-state index is 0.00817. The number of aliphatic hydroxyl groups is 1. The highest BCUT2D eigenvalue weighted by Gasteiger charge is 2.20. The molecule has 1 amide bonds. The van der Waals surface area contributed by atoms with Crippen molar-refractivity contribution in [1.29, 1.82) is 0 Å². The molecule has 1 aliphatic heterocycles. The number of H-pyrrole nitrogens is 1. The average Bonchev–Trinajstić information content (AvgIpc) is 3.53. The Morgan fingerprint density at radius 2 is 1.72 bits per heavy atom. The van der Waals surface area contributed by atoms with E-state index in [-0.39, 0.29) is 24.9 Å². The summed E-state index contributed by atoms with van der Waals surface area (Å²) in [6.45, 7) is 3.32. The normalized spacial score (nSPS) is 14.4. The molecule has 0 radical (unpaired) electrons. The van der Waals surface area contributed by atoms with E-state index in [1.165, 1.54) is 18.4 Å². The second kappa shape index (κ2) is 10.8. The van der Waals surface area contributed by atoms with Crippen molar-refractivity contribution < 1.29 is 15.0 Å². The quantitative estimate of drug-likeness (QED) is 0.280. The van der Waals surface area contributed by atoms with Crippen LogP contribution in [0.3, 0.4) is 0 Å². The zero-order valence-corrected chi connectivity index (χ0v) is 20.1. The van der Waals surface area contributed by atoms with Gasteiger partial charge in [-0.3, -0.25) is 9.69 Å². The van der Waals surface area contributed by atoms with Crippen LogP contribution in [0, 0.1) is 0 Å². The van der Waals surface area contributed by atoms with E-state index in [4.69, 9.17) is 10.1 Å². The number of aromatic hydroxyl groups is 1. The number of aromatic amines is 1. The lowest BCUT2D eigenvalue weighted by molar-refractivity contribution is 0.0945. The number of fused-ring (bicyclic) bond motifs is 1. The summed E-state index contributed by atoms with van der Waals surface area (Å²) in [5, 5.41) is 23.3. The number of likely N-dealkylation sites (tertiary alicyclic amines) is 1. The van der Waals surface area contributed by atoms with Crippen molar-refractivity contribution in [3.8, 4) is 5.88 Å². The molecule has 4 N–H and O–H groups in total. The van der Waals surface area contributed by atoms with Gasteiger partial charge in [0.25, 0.3) is 5.91 Å². The monoisotopic (exact) mass is 482 g/mol. The van der Waals surface area contributed by atoms with E-state index in [9.17, 15) is 9.90 Å². The molecule has 1 saturated heterocycles. The summed E-state index contributed by atoms with van der Waals surface area (Å²) >= 11 is 0. The summed E-state index contributed by atoms with van der Waals surface area (Å²) in [7, 11) is 0. The lowest BCUT2D eigenvalue weighted by Gasteiger charge is -2.14. The van der Waals surface area contributed by atoms with Crippen molar-refractivity contribution in [2.45, 2.75) is 19.4 Å². The fraction of sp³-hybridized carbons (Fsp3) is 0.241. The van der Waals surface area contributed by atoms with Crippen LogP contribution in [0.1, 0.15) is 39.9 Å². The van der Waals surface area contributed by atoms with Crippen molar-refractivity contribution >= 4 is 28.2 Å². The molecule has 1 aliphatic rings. The van der Waals surface area contributed by atoms with Crippen LogP contribution in [0.2, 0.25) is 0 Å². The number of carbonyl (C=O) groups excluding carboxylic acids is 1. The average molecular weight is 483 g/mol. The molecule has 2 heterocycles. The smallest absolute Gasteiger partial charge is 0.251 e. The van der Waals surface area contributed by atoms with Crippen molar-refractivity contribution in [2.75, 3.05) is 26.2 Å². The zero-order chi connectivity index (χ0) is 24.9. The number of amides is 1. The molecule has 4 aromatic rings. The zero-order valence-electron chi connectivity index (χ0n) is 20.1. The van der Waals surface area contributed by atoms with Crippen LogP contribution >= 0.6 is 0 Å². The summed E-state index contributed by atoms with van der Waals surface area (Å²) in [4.78, 5) is 22.8. The number of hydrogen-bond donors (Lipinski definition) is 4. The maximum atomic E-state index is 12.3. The predicted molar refractivity (Wildman–Crippen MR) is 142 cm³/mol. The Bertz CT molecular complexity index is 1370. The topological polar surface area (TPSA) is 101 Å². The van der Waals surface area contributed by atoms with Crippen LogP contribution in [0.15, 0.2) is 77.8 Å². The van der Waals surface area contributed by atoms with Crippen molar-refractivity contribution in [2.24, 2.45) is 4.99 Å². The summed E-state index contributed by atoms with van der Waals surface area (Å²) in [5.41, 5.74) is 5.23. The van der Waals surface area contributed by atoms with Gasteiger partial charge in [0.05, 0.1) is 23.6 Å². The molecule has 1 aromatic heterocycles. The molecule has 5 rings (SSSR count). The second-order valence-electron chi connectivity index (χ2n) is 9.06. The van der Waals surface area contributed by atoms with Gasteiger partial charge in [-0.2, -0.15) is 0 Å². The number of hydrogen-bond acceptors (Lipinski definition) is 5. The number of aliphatic hydroxyl groups excluding tert-OH is 1. The number of aliphatic imine (C=N–C) groups is 1. The fourth-order valence-electron chi connectivity index (χ4n) is 4.70. The first-order valence-corrected chi connectivity index (χ1v) is 12.3. The highest BCUT2D eigenvalue weighted by molar-refractivity contribution is 6.22. The Kier molecular flexibility index (Phi) is 7.11. The van der Waals surface area contributed by atoms with Crippen LogP contribution in [-0.2, 0) is 6.54 Å². The van der Waals surface area contributed by atoms with E-state index >= 15 is 0 Å².